The average molecular weight is 351 g/mol. The van der Waals surface area contributed by atoms with Crippen LogP contribution in [0.1, 0.15) is 5.56 Å². The standard InChI is InChI=1S/C18H17N5O3/c1-13-16(20-19-14-5-7-15(8-6-14)23(25)26)9-10-17(18(13)24)21-22-11-3-2-4-12-22/h2-11,21,24H,12H2,1H3. The number of anilines is 1. The molecule has 26 heavy (non-hydrogen) atoms. The van der Waals surface area contributed by atoms with Crippen LogP contribution in [0.3, 0.4) is 0 Å². The summed E-state index contributed by atoms with van der Waals surface area (Å²) in [6, 6.07) is 9.24. The number of phenols is 1. The highest BCUT2D eigenvalue weighted by Gasteiger charge is 2.11. The number of allylic oxidation sites excluding steroid dienone is 2. The van der Waals surface area contributed by atoms with Crippen LogP contribution in [-0.2, 0) is 0 Å². The first-order valence-electron chi connectivity index (χ1n) is 7.90. The summed E-state index contributed by atoms with van der Waals surface area (Å²) in [6.45, 7) is 2.44. The molecular formula is C18H17N5O3. The molecule has 0 radical (unpaired) electrons. The smallest absolute Gasteiger partial charge is 0.269 e. The molecule has 2 N–H and O–H groups in total. The second-order valence-electron chi connectivity index (χ2n) is 5.61. The number of hydrogen-bond donors (Lipinski definition) is 2. The molecule has 3 rings (SSSR count). The number of benzene rings is 2. The molecule has 0 aromatic heterocycles. The van der Waals surface area contributed by atoms with Gasteiger partial charge in [-0.05, 0) is 37.3 Å². The van der Waals surface area contributed by atoms with Gasteiger partial charge in [0.05, 0.1) is 28.5 Å². The van der Waals surface area contributed by atoms with Crippen LogP contribution in [0.25, 0.3) is 0 Å². The van der Waals surface area contributed by atoms with E-state index in [-0.39, 0.29) is 11.4 Å². The van der Waals surface area contributed by atoms with E-state index in [9.17, 15) is 15.2 Å². The number of non-ortho nitro benzene ring substituents is 1. The summed E-state index contributed by atoms with van der Waals surface area (Å²) in [7, 11) is 0. The Labute approximate surface area is 149 Å². The lowest BCUT2D eigenvalue weighted by atomic mass is 10.1. The van der Waals surface area contributed by atoms with Crippen LogP contribution in [0.4, 0.5) is 22.7 Å². The molecule has 132 valence electrons. The van der Waals surface area contributed by atoms with Gasteiger partial charge >= 0.3 is 0 Å². The molecule has 8 heteroatoms. The van der Waals surface area contributed by atoms with Crippen LogP contribution in [0, 0.1) is 17.0 Å². The molecule has 2 aromatic rings. The number of aromatic hydroxyl groups is 1. The zero-order chi connectivity index (χ0) is 18.5. The van der Waals surface area contributed by atoms with Gasteiger partial charge in [0, 0.05) is 23.9 Å². The minimum atomic E-state index is -0.470. The summed E-state index contributed by atoms with van der Waals surface area (Å²) in [5.41, 5.74) is 5.26. The summed E-state index contributed by atoms with van der Waals surface area (Å²) < 4.78 is 0. The quantitative estimate of drug-likeness (QED) is 0.350. The van der Waals surface area contributed by atoms with Crippen LogP contribution in [0.5, 0.6) is 5.75 Å². The largest absolute Gasteiger partial charge is 0.505 e. The molecule has 0 saturated carbocycles. The number of hydrazine groups is 1. The first kappa shape index (κ1) is 17.2. The van der Waals surface area contributed by atoms with Crippen molar-refractivity contribution in [3.05, 3.63) is 76.5 Å². The minimum absolute atomic E-state index is 0.00481. The zero-order valence-electron chi connectivity index (χ0n) is 14.0. The molecule has 1 aliphatic rings. The summed E-state index contributed by atoms with van der Waals surface area (Å²) in [5, 5.41) is 31.1. The molecule has 0 saturated heterocycles. The lowest BCUT2D eigenvalue weighted by Gasteiger charge is -2.23. The van der Waals surface area contributed by atoms with E-state index in [2.05, 4.69) is 15.7 Å². The Balaban J connectivity index is 1.76. The van der Waals surface area contributed by atoms with Crippen molar-refractivity contribution in [2.24, 2.45) is 10.2 Å². The van der Waals surface area contributed by atoms with Crippen LogP contribution in [0.15, 0.2) is 71.1 Å². The van der Waals surface area contributed by atoms with E-state index in [4.69, 9.17) is 0 Å². The van der Waals surface area contributed by atoms with E-state index in [0.29, 0.717) is 29.2 Å². The lowest BCUT2D eigenvalue weighted by molar-refractivity contribution is -0.384. The van der Waals surface area contributed by atoms with E-state index in [1.54, 1.807) is 19.1 Å². The van der Waals surface area contributed by atoms with Crippen molar-refractivity contribution in [3.63, 3.8) is 0 Å². The van der Waals surface area contributed by atoms with Gasteiger partial charge in [0.1, 0.15) is 5.75 Å². The van der Waals surface area contributed by atoms with Crippen molar-refractivity contribution in [1.29, 1.82) is 0 Å². The van der Waals surface area contributed by atoms with Gasteiger partial charge in [0.2, 0.25) is 0 Å². The van der Waals surface area contributed by atoms with E-state index in [0.717, 1.165) is 0 Å². The van der Waals surface area contributed by atoms with E-state index in [1.807, 2.05) is 29.4 Å². The SMILES string of the molecule is Cc1c(N=Nc2ccc([N+](=O)[O-])cc2)ccc(NN2C=CC=CC2)c1O. The number of nitro benzene ring substituents is 1. The lowest BCUT2D eigenvalue weighted by Crippen LogP contribution is -2.25. The number of rotatable bonds is 5. The summed E-state index contributed by atoms with van der Waals surface area (Å²) in [4.78, 5) is 10.2. The van der Waals surface area contributed by atoms with Crippen LogP contribution < -0.4 is 5.43 Å². The highest BCUT2D eigenvalue weighted by molar-refractivity contribution is 5.66. The van der Waals surface area contributed by atoms with Gasteiger partial charge in [-0.25, -0.2) is 0 Å². The third-order valence-electron chi connectivity index (χ3n) is 3.82. The first-order valence-corrected chi connectivity index (χ1v) is 7.90. The maximum Gasteiger partial charge on any atom is 0.269 e. The monoisotopic (exact) mass is 351 g/mol. The van der Waals surface area contributed by atoms with E-state index < -0.39 is 4.92 Å². The van der Waals surface area contributed by atoms with Gasteiger partial charge < -0.3 is 5.11 Å². The molecule has 0 bridgehead atoms. The zero-order valence-corrected chi connectivity index (χ0v) is 14.0. The molecule has 0 fully saturated rings. The highest BCUT2D eigenvalue weighted by atomic mass is 16.6. The second kappa shape index (κ2) is 7.47. The van der Waals surface area contributed by atoms with Gasteiger partial charge in [-0.15, -0.1) is 0 Å². The molecule has 8 nitrogen and oxygen atoms in total. The molecule has 0 atom stereocenters. The second-order valence-corrected chi connectivity index (χ2v) is 5.61. The average Bonchev–Trinajstić information content (AvgIpc) is 2.66. The van der Waals surface area contributed by atoms with Crippen molar-refractivity contribution in [2.75, 3.05) is 12.0 Å². The number of hydrogen-bond acceptors (Lipinski definition) is 7. The third kappa shape index (κ3) is 3.86. The Hall–Kier alpha value is -3.68. The summed E-state index contributed by atoms with van der Waals surface area (Å²) in [6.07, 6.45) is 7.71. The molecule has 0 unspecified atom stereocenters. The predicted molar refractivity (Wildman–Crippen MR) is 98.7 cm³/mol. The Bertz CT molecular complexity index is 904. The summed E-state index contributed by atoms with van der Waals surface area (Å²) >= 11 is 0. The number of phenolic OH excluding ortho intramolecular Hbond substituents is 1. The Morgan fingerprint density at radius 1 is 1.15 bits per heavy atom. The molecule has 0 aliphatic carbocycles. The molecule has 2 aromatic carbocycles. The predicted octanol–water partition coefficient (Wildman–Crippen LogP) is 4.74. The molecule has 1 heterocycles. The maximum absolute atomic E-state index is 10.7. The van der Waals surface area contributed by atoms with Gasteiger partial charge in [-0.3, -0.25) is 20.5 Å². The van der Waals surface area contributed by atoms with E-state index in [1.165, 1.54) is 24.3 Å². The van der Waals surface area contributed by atoms with Crippen molar-refractivity contribution < 1.29 is 10.0 Å². The van der Waals surface area contributed by atoms with Crippen LogP contribution in [0.2, 0.25) is 0 Å². The molecule has 1 aliphatic heterocycles. The van der Waals surface area contributed by atoms with Gasteiger partial charge in [0.25, 0.3) is 5.69 Å². The number of nitrogens with zero attached hydrogens (tertiary/aromatic N) is 4. The molecular weight excluding hydrogens is 334 g/mol. The van der Waals surface area contributed by atoms with E-state index >= 15 is 0 Å². The van der Waals surface area contributed by atoms with Gasteiger partial charge in [-0.1, -0.05) is 12.2 Å². The Morgan fingerprint density at radius 3 is 2.58 bits per heavy atom. The summed E-state index contributed by atoms with van der Waals surface area (Å²) in [5.74, 6) is 0.0908. The maximum atomic E-state index is 10.7. The fourth-order valence-corrected chi connectivity index (χ4v) is 2.35. The normalized spacial score (nSPS) is 13.3. The fraction of sp³-hybridized carbons (Fsp3) is 0.111. The Kier molecular flexibility index (Phi) is 4.93. The van der Waals surface area contributed by atoms with Crippen LogP contribution in [-0.4, -0.2) is 21.6 Å². The van der Waals surface area contributed by atoms with Crippen molar-refractivity contribution in [2.45, 2.75) is 6.92 Å². The third-order valence-corrected chi connectivity index (χ3v) is 3.82. The van der Waals surface area contributed by atoms with Crippen LogP contribution >= 0.6 is 0 Å². The van der Waals surface area contributed by atoms with Crippen molar-refractivity contribution in [3.8, 4) is 5.75 Å². The molecule has 0 spiro atoms. The van der Waals surface area contributed by atoms with Crippen molar-refractivity contribution in [1.82, 2.24) is 5.01 Å². The molecule has 0 amide bonds. The topological polar surface area (TPSA) is 103 Å². The Morgan fingerprint density at radius 2 is 1.92 bits per heavy atom. The van der Waals surface area contributed by atoms with Gasteiger partial charge in [-0.2, -0.15) is 10.2 Å². The number of azo groups is 1. The van der Waals surface area contributed by atoms with Crippen molar-refractivity contribution >= 4 is 22.7 Å². The van der Waals surface area contributed by atoms with Gasteiger partial charge in [0.15, 0.2) is 0 Å². The number of nitrogens with one attached hydrogen (secondary N) is 1. The highest BCUT2D eigenvalue weighted by Crippen LogP contribution is 2.35. The fourth-order valence-electron chi connectivity index (χ4n) is 2.35. The first-order chi connectivity index (χ1) is 12.5. The number of nitro groups is 1. The minimum Gasteiger partial charge on any atom is -0.505 e.